The number of nitrogens with one attached hydrogen (secondary N) is 1. The fourth-order valence-corrected chi connectivity index (χ4v) is 1.59. The Morgan fingerprint density at radius 1 is 1.41 bits per heavy atom. The van der Waals surface area contributed by atoms with Crippen LogP contribution in [0.1, 0.15) is 26.0 Å². The van der Waals surface area contributed by atoms with Crippen LogP contribution in [0, 0.1) is 0 Å². The molecule has 0 fully saturated rings. The van der Waals surface area contributed by atoms with Crippen LogP contribution in [0.2, 0.25) is 0 Å². The molecule has 0 aliphatic heterocycles. The largest absolute Gasteiger partial charge is 0.467 e. The average Bonchev–Trinajstić information content (AvgIpc) is 2.95. The standard InChI is InChI=1S/C15H26N4O2.HI/c1-6-12(2)17-15(16-10-14(20)18(3)4)19(5)11-13-8-7-9-21-13;/h7-9,12H,6,10-11H2,1-5H3,(H,16,17);1H. The molecule has 22 heavy (non-hydrogen) atoms. The van der Waals surface area contributed by atoms with Gasteiger partial charge < -0.3 is 19.5 Å². The van der Waals surface area contributed by atoms with Gasteiger partial charge in [0.2, 0.25) is 5.91 Å². The second-order valence-electron chi connectivity index (χ2n) is 5.32. The van der Waals surface area contributed by atoms with E-state index in [9.17, 15) is 4.79 Å². The van der Waals surface area contributed by atoms with Crippen LogP contribution in [-0.2, 0) is 11.3 Å². The zero-order valence-electron chi connectivity index (χ0n) is 14.0. The highest BCUT2D eigenvalue weighted by Gasteiger charge is 2.12. The Morgan fingerprint density at radius 2 is 2.09 bits per heavy atom. The van der Waals surface area contributed by atoms with Gasteiger partial charge in [0.25, 0.3) is 0 Å². The maximum absolute atomic E-state index is 11.7. The van der Waals surface area contributed by atoms with Crippen molar-refractivity contribution in [3.63, 3.8) is 0 Å². The summed E-state index contributed by atoms with van der Waals surface area (Å²) in [5, 5.41) is 3.34. The number of aliphatic imine (C=N–C) groups is 1. The van der Waals surface area contributed by atoms with E-state index in [0.29, 0.717) is 12.5 Å². The van der Waals surface area contributed by atoms with Crippen molar-refractivity contribution in [2.75, 3.05) is 27.7 Å². The van der Waals surface area contributed by atoms with Gasteiger partial charge in [-0.2, -0.15) is 0 Å². The van der Waals surface area contributed by atoms with Crippen LogP contribution < -0.4 is 5.32 Å². The minimum absolute atomic E-state index is 0. The van der Waals surface area contributed by atoms with Crippen LogP contribution in [0.3, 0.4) is 0 Å². The lowest BCUT2D eigenvalue weighted by atomic mass is 10.3. The molecular weight excluding hydrogens is 395 g/mol. The Bertz CT molecular complexity index is 460. The van der Waals surface area contributed by atoms with Gasteiger partial charge in [0.05, 0.1) is 12.8 Å². The summed E-state index contributed by atoms with van der Waals surface area (Å²) in [6.45, 7) is 4.93. The molecular formula is C15H27IN4O2. The Hall–Kier alpha value is -1.25. The number of hydrogen-bond acceptors (Lipinski definition) is 3. The molecule has 1 rings (SSSR count). The molecule has 1 aromatic rings. The van der Waals surface area contributed by atoms with Crippen LogP contribution in [-0.4, -0.2) is 55.4 Å². The van der Waals surface area contributed by atoms with Crippen molar-refractivity contribution in [3.05, 3.63) is 24.2 Å². The summed E-state index contributed by atoms with van der Waals surface area (Å²) in [6, 6.07) is 4.07. The SMILES string of the molecule is CCC(C)NC(=NCC(=O)N(C)C)N(C)Cc1ccco1.I. The summed E-state index contributed by atoms with van der Waals surface area (Å²) in [6.07, 6.45) is 2.63. The van der Waals surface area contributed by atoms with E-state index in [1.807, 2.05) is 24.1 Å². The molecule has 0 spiro atoms. The molecule has 1 aromatic heterocycles. The second-order valence-corrected chi connectivity index (χ2v) is 5.32. The monoisotopic (exact) mass is 422 g/mol. The first-order chi connectivity index (χ1) is 9.93. The van der Waals surface area contributed by atoms with E-state index in [1.165, 1.54) is 4.90 Å². The minimum Gasteiger partial charge on any atom is -0.467 e. The first kappa shape index (κ1) is 20.8. The van der Waals surface area contributed by atoms with Crippen molar-refractivity contribution < 1.29 is 9.21 Å². The van der Waals surface area contributed by atoms with Gasteiger partial charge in [-0.15, -0.1) is 24.0 Å². The molecule has 6 nitrogen and oxygen atoms in total. The summed E-state index contributed by atoms with van der Waals surface area (Å²) in [5.74, 6) is 1.54. The van der Waals surface area contributed by atoms with Gasteiger partial charge in [-0.3, -0.25) is 4.79 Å². The number of furan rings is 1. The minimum atomic E-state index is -0.0233. The Morgan fingerprint density at radius 3 is 2.59 bits per heavy atom. The van der Waals surface area contributed by atoms with E-state index in [0.717, 1.165) is 12.2 Å². The lowest BCUT2D eigenvalue weighted by Crippen LogP contribution is -2.43. The first-order valence-corrected chi connectivity index (χ1v) is 7.18. The molecule has 0 bridgehead atoms. The zero-order valence-corrected chi connectivity index (χ0v) is 16.3. The first-order valence-electron chi connectivity index (χ1n) is 7.18. The molecule has 0 saturated carbocycles. The smallest absolute Gasteiger partial charge is 0.243 e. The maximum Gasteiger partial charge on any atom is 0.243 e. The highest BCUT2D eigenvalue weighted by atomic mass is 127. The van der Waals surface area contributed by atoms with Gasteiger partial charge in [-0.25, -0.2) is 4.99 Å². The summed E-state index contributed by atoms with van der Waals surface area (Å²) in [5.41, 5.74) is 0. The highest BCUT2D eigenvalue weighted by molar-refractivity contribution is 14.0. The van der Waals surface area contributed by atoms with E-state index in [-0.39, 0.29) is 42.5 Å². The predicted octanol–water partition coefficient (Wildman–Crippen LogP) is 2.16. The van der Waals surface area contributed by atoms with Crippen LogP contribution in [0.15, 0.2) is 27.8 Å². The van der Waals surface area contributed by atoms with Gasteiger partial charge in [0.1, 0.15) is 12.3 Å². The van der Waals surface area contributed by atoms with Gasteiger partial charge >= 0.3 is 0 Å². The number of carbonyl (C=O) groups is 1. The average molecular weight is 422 g/mol. The number of carbonyl (C=O) groups excluding carboxylic acids is 1. The van der Waals surface area contributed by atoms with Crippen LogP contribution in [0.5, 0.6) is 0 Å². The molecule has 0 saturated heterocycles. The molecule has 0 aliphatic carbocycles. The quantitative estimate of drug-likeness (QED) is 0.434. The van der Waals surface area contributed by atoms with E-state index < -0.39 is 0 Å². The van der Waals surface area contributed by atoms with Crippen molar-refractivity contribution in [1.82, 2.24) is 15.1 Å². The number of nitrogens with zero attached hydrogens (tertiary/aromatic N) is 3. The number of hydrogen-bond donors (Lipinski definition) is 1. The molecule has 7 heteroatoms. The van der Waals surface area contributed by atoms with Crippen LogP contribution >= 0.6 is 24.0 Å². The fourth-order valence-electron chi connectivity index (χ4n) is 1.59. The van der Waals surface area contributed by atoms with Crippen LogP contribution in [0.25, 0.3) is 0 Å². The number of amides is 1. The Kier molecular flexibility index (Phi) is 9.88. The highest BCUT2D eigenvalue weighted by Crippen LogP contribution is 2.04. The fraction of sp³-hybridized carbons (Fsp3) is 0.600. The summed E-state index contributed by atoms with van der Waals surface area (Å²) < 4.78 is 5.35. The van der Waals surface area contributed by atoms with Crippen molar-refractivity contribution in [2.45, 2.75) is 32.9 Å². The van der Waals surface area contributed by atoms with E-state index in [2.05, 4.69) is 24.2 Å². The van der Waals surface area contributed by atoms with Gasteiger partial charge in [-0.1, -0.05) is 6.92 Å². The molecule has 0 radical (unpaired) electrons. The topological polar surface area (TPSA) is 61.1 Å². The zero-order chi connectivity index (χ0) is 15.8. The molecule has 1 unspecified atom stereocenters. The molecule has 1 heterocycles. The van der Waals surface area contributed by atoms with Crippen molar-refractivity contribution in [3.8, 4) is 0 Å². The lowest BCUT2D eigenvalue weighted by molar-refractivity contribution is -0.127. The van der Waals surface area contributed by atoms with Gasteiger partial charge in [-0.05, 0) is 25.5 Å². The van der Waals surface area contributed by atoms with Crippen LogP contribution in [0.4, 0.5) is 0 Å². The Labute approximate surface area is 150 Å². The summed E-state index contributed by atoms with van der Waals surface area (Å²) >= 11 is 0. The second kappa shape index (κ2) is 10.5. The maximum atomic E-state index is 11.7. The molecule has 0 aromatic carbocycles. The van der Waals surface area contributed by atoms with Gasteiger partial charge in [0.15, 0.2) is 5.96 Å². The number of likely N-dealkylation sites (N-methyl/N-ethyl adjacent to an activating group) is 1. The van der Waals surface area contributed by atoms with Crippen molar-refractivity contribution in [2.24, 2.45) is 4.99 Å². The van der Waals surface area contributed by atoms with E-state index in [1.54, 1.807) is 20.4 Å². The third-order valence-corrected chi connectivity index (χ3v) is 3.19. The molecule has 126 valence electrons. The molecule has 0 aliphatic rings. The molecule has 1 N–H and O–H groups in total. The summed E-state index contributed by atoms with van der Waals surface area (Å²) in [7, 11) is 5.38. The van der Waals surface area contributed by atoms with Gasteiger partial charge in [0, 0.05) is 27.2 Å². The van der Waals surface area contributed by atoms with E-state index in [4.69, 9.17) is 4.42 Å². The van der Waals surface area contributed by atoms with E-state index >= 15 is 0 Å². The Balaban J connectivity index is 0.00000441. The number of rotatable bonds is 6. The number of halogens is 1. The third-order valence-electron chi connectivity index (χ3n) is 3.19. The molecule has 1 atom stereocenters. The normalized spacial score (nSPS) is 12.3. The predicted molar refractivity (Wildman–Crippen MR) is 99.5 cm³/mol. The number of guanidine groups is 1. The third kappa shape index (κ3) is 7.15. The van der Waals surface area contributed by atoms with Crippen molar-refractivity contribution >= 4 is 35.8 Å². The van der Waals surface area contributed by atoms with Crippen molar-refractivity contribution in [1.29, 1.82) is 0 Å². The molecule has 1 amide bonds. The lowest BCUT2D eigenvalue weighted by Gasteiger charge is -2.24. The summed E-state index contributed by atoms with van der Waals surface area (Å²) in [4.78, 5) is 19.6.